The molecule has 2 aromatic rings. The van der Waals surface area contributed by atoms with Gasteiger partial charge in [-0.15, -0.1) is 0 Å². The maximum absolute atomic E-state index is 12.2. The molecule has 1 aromatic carbocycles. The average molecular weight is 379 g/mol. The molecule has 1 aromatic heterocycles. The van der Waals surface area contributed by atoms with Crippen LogP contribution in [0.4, 0.5) is 0 Å². The summed E-state index contributed by atoms with van der Waals surface area (Å²) >= 11 is 0. The summed E-state index contributed by atoms with van der Waals surface area (Å²) in [4.78, 5) is 16.4. The molecule has 0 radical (unpaired) electrons. The molecule has 6 nitrogen and oxygen atoms in total. The first-order chi connectivity index (χ1) is 13.7. The van der Waals surface area contributed by atoms with E-state index < -0.39 is 0 Å². The number of ether oxygens (including phenoxy) is 2. The zero-order chi connectivity index (χ0) is 19.8. The Labute approximate surface area is 165 Å². The van der Waals surface area contributed by atoms with E-state index in [4.69, 9.17) is 14.7 Å². The van der Waals surface area contributed by atoms with Gasteiger partial charge < -0.3 is 14.8 Å². The molecule has 1 aliphatic rings. The third kappa shape index (κ3) is 5.71. The van der Waals surface area contributed by atoms with Gasteiger partial charge in [0.2, 0.25) is 11.8 Å². The Morgan fingerprint density at radius 3 is 2.54 bits per heavy atom. The van der Waals surface area contributed by atoms with Crippen molar-refractivity contribution in [3.05, 3.63) is 53.7 Å². The number of aromatic nitrogens is 1. The van der Waals surface area contributed by atoms with E-state index in [1.807, 2.05) is 30.3 Å². The van der Waals surface area contributed by atoms with Crippen molar-refractivity contribution in [2.24, 2.45) is 0 Å². The average Bonchev–Trinajstić information content (AvgIpc) is 2.74. The van der Waals surface area contributed by atoms with E-state index in [1.165, 1.54) is 6.20 Å². The Bertz CT molecular complexity index is 804. The van der Waals surface area contributed by atoms with Gasteiger partial charge in [0.05, 0.1) is 12.7 Å². The van der Waals surface area contributed by atoms with Crippen molar-refractivity contribution in [1.29, 1.82) is 5.26 Å². The number of rotatable bonds is 7. The minimum atomic E-state index is 0.0916. The number of methoxy groups -OCH3 is 1. The van der Waals surface area contributed by atoms with Crippen LogP contribution in [-0.2, 0) is 11.2 Å². The number of hydrogen-bond acceptors (Lipinski definition) is 5. The summed E-state index contributed by atoms with van der Waals surface area (Å²) in [7, 11) is 1.64. The zero-order valence-corrected chi connectivity index (χ0v) is 16.1. The molecule has 0 aliphatic heterocycles. The van der Waals surface area contributed by atoms with Gasteiger partial charge in [0.1, 0.15) is 17.9 Å². The first-order valence-electron chi connectivity index (χ1n) is 9.61. The van der Waals surface area contributed by atoms with Crippen molar-refractivity contribution < 1.29 is 14.3 Å². The largest absolute Gasteiger partial charge is 0.497 e. The molecule has 1 fully saturated rings. The van der Waals surface area contributed by atoms with Crippen molar-refractivity contribution in [2.45, 2.75) is 50.7 Å². The van der Waals surface area contributed by atoms with E-state index in [1.54, 1.807) is 19.2 Å². The van der Waals surface area contributed by atoms with E-state index >= 15 is 0 Å². The Hall–Kier alpha value is -3.07. The highest BCUT2D eigenvalue weighted by molar-refractivity contribution is 5.76. The first kappa shape index (κ1) is 19.7. The van der Waals surface area contributed by atoms with Crippen LogP contribution in [0, 0.1) is 11.3 Å². The van der Waals surface area contributed by atoms with Gasteiger partial charge in [0.25, 0.3) is 0 Å². The molecule has 0 atom stereocenters. The topological polar surface area (TPSA) is 84.2 Å². The maximum atomic E-state index is 12.2. The molecule has 0 unspecified atom stereocenters. The van der Waals surface area contributed by atoms with Crippen LogP contribution < -0.4 is 14.8 Å². The van der Waals surface area contributed by atoms with E-state index in [2.05, 4.69) is 10.3 Å². The Morgan fingerprint density at radius 2 is 1.93 bits per heavy atom. The van der Waals surface area contributed by atoms with Crippen LogP contribution in [-0.4, -0.2) is 30.1 Å². The van der Waals surface area contributed by atoms with Crippen LogP contribution >= 0.6 is 0 Å². The molecule has 0 spiro atoms. The van der Waals surface area contributed by atoms with Crippen molar-refractivity contribution >= 4 is 5.91 Å². The standard InChI is InChI=1S/C22H25N3O3/c1-27-19-8-2-16(3-9-19)4-12-21(26)25-18-6-10-20(11-7-18)28-22-13-5-17(14-23)15-24-22/h2-3,5,8-9,13,15,18,20H,4,6-7,10-12H2,1H3,(H,25,26). The number of carbonyl (C=O) groups excluding carboxylic acids is 1. The summed E-state index contributed by atoms with van der Waals surface area (Å²) in [6.45, 7) is 0. The Balaban J connectivity index is 1.37. The highest BCUT2D eigenvalue weighted by Crippen LogP contribution is 2.23. The van der Waals surface area contributed by atoms with Crippen molar-refractivity contribution in [1.82, 2.24) is 10.3 Å². The fourth-order valence-electron chi connectivity index (χ4n) is 3.36. The lowest BCUT2D eigenvalue weighted by Crippen LogP contribution is -2.39. The van der Waals surface area contributed by atoms with Crippen LogP contribution in [0.3, 0.4) is 0 Å². The molecule has 1 amide bonds. The van der Waals surface area contributed by atoms with Crippen LogP contribution in [0.15, 0.2) is 42.6 Å². The molecule has 0 bridgehead atoms. The molecule has 3 rings (SSSR count). The highest BCUT2D eigenvalue weighted by Gasteiger charge is 2.23. The van der Waals surface area contributed by atoms with Crippen LogP contribution in [0.1, 0.15) is 43.2 Å². The van der Waals surface area contributed by atoms with E-state index in [0.29, 0.717) is 17.9 Å². The van der Waals surface area contributed by atoms with Gasteiger partial charge in [0.15, 0.2) is 0 Å². The van der Waals surface area contributed by atoms with E-state index in [0.717, 1.165) is 43.4 Å². The molecule has 0 saturated heterocycles. The minimum Gasteiger partial charge on any atom is -0.497 e. The van der Waals surface area contributed by atoms with E-state index in [9.17, 15) is 4.79 Å². The number of benzene rings is 1. The number of nitrogens with one attached hydrogen (secondary N) is 1. The van der Waals surface area contributed by atoms with Crippen LogP contribution in [0.5, 0.6) is 11.6 Å². The predicted octanol–water partition coefficient (Wildman–Crippen LogP) is 3.40. The third-order valence-corrected chi connectivity index (χ3v) is 4.99. The predicted molar refractivity (Wildman–Crippen MR) is 105 cm³/mol. The minimum absolute atomic E-state index is 0.0916. The normalized spacial score (nSPS) is 18.7. The number of hydrogen-bond donors (Lipinski definition) is 1. The summed E-state index contributed by atoms with van der Waals surface area (Å²) < 4.78 is 11.0. The van der Waals surface area contributed by atoms with Gasteiger partial charge in [-0.1, -0.05) is 12.1 Å². The second-order valence-electron chi connectivity index (χ2n) is 7.00. The fraction of sp³-hybridized carbons (Fsp3) is 0.409. The van der Waals surface area contributed by atoms with Gasteiger partial charge in [0, 0.05) is 24.7 Å². The molecule has 1 saturated carbocycles. The van der Waals surface area contributed by atoms with Crippen LogP contribution in [0.25, 0.3) is 0 Å². The third-order valence-electron chi connectivity index (χ3n) is 4.99. The SMILES string of the molecule is COc1ccc(CCC(=O)NC2CCC(Oc3ccc(C#N)cn3)CC2)cc1. The monoisotopic (exact) mass is 379 g/mol. The van der Waals surface area contributed by atoms with Gasteiger partial charge in [-0.05, 0) is 55.9 Å². The first-order valence-corrected chi connectivity index (χ1v) is 9.61. The number of carbonyl (C=O) groups is 1. The molecule has 1 aliphatic carbocycles. The summed E-state index contributed by atoms with van der Waals surface area (Å²) in [5.74, 6) is 1.46. The molecule has 6 heteroatoms. The second-order valence-corrected chi connectivity index (χ2v) is 7.00. The summed E-state index contributed by atoms with van der Waals surface area (Å²) in [6, 6.07) is 13.5. The number of aryl methyl sites for hydroxylation is 1. The molecule has 1 heterocycles. The number of nitriles is 1. The lowest BCUT2D eigenvalue weighted by Gasteiger charge is -2.29. The zero-order valence-electron chi connectivity index (χ0n) is 16.1. The number of amides is 1. The molecule has 146 valence electrons. The molecule has 1 N–H and O–H groups in total. The number of nitrogens with zero attached hydrogens (tertiary/aromatic N) is 2. The lowest BCUT2D eigenvalue weighted by atomic mass is 9.92. The smallest absolute Gasteiger partial charge is 0.220 e. The summed E-state index contributed by atoms with van der Waals surface area (Å²) in [6.07, 6.45) is 6.38. The highest BCUT2D eigenvalue weighted by atomic mass is 16.5. The quantitative estimate of drug-likeness (QED) is 0.797. The lowest BCUT2D eigenvalue weighted by molar-refractivity contribution is -0.122. The Kier molecular flexibility index (Phi) is 6.85. The van der Waals surface area contributed by atoms with Crippen molar-refractivity contribution in [3.8, 4) is 17.7 Å². The van der Waals surface area contributed by atoms with Gasteiger partial charge in [-0.25, -0.2) is 4.98 Å². The fourth-order valence-corrected chi connectivity index (χ4v) is 3.36. The molecule has 28 heavy (non-hydrogen) atoms. The van der Waals surface area contributed by atoms with Gasteiger partial charge in [-0.2, -0.15) is 5.26 Å². The second kappa shape index (κ2) is 9.75. The number of pyridine rings is 1. The van der Waals surface area contributed by atoms with Crippen molar-refractivity contribution in [2.75, 3.05) is 7.11 Å². The molecular formula is C22H25N3O3. The van der Waals surface area contributed by atoms with Gasteiger partial charge in [-0.3, -0.25) is 4.79 Å². The van der Waals surface area contributed by atoms with Crippen LogP contribution in [0.2, 0.25) is 0 Å². The maximum Gasteiger partial charge on any atom is 0.220 e. The summed E-state index contributed by atoms with van der Waals surface area (Å²) in [5.41, 5.74) is 1.65. The molecular weight excluding hydrogens is 354 g/mol. The summed E-state index contributed by atoms with van der Waals surface area (Å²) in [5, 5.41) is 11.9. The van der Waals surface area contributed by atoms with Crippen molar-refractivity contribution in [3.63, 3.8) is 0 Å². The van der Waals surface area contributed by atoms with Gasteiger partial charge >= 0.3 is 0 Å². The Morgan fingerprint density at radius 1 is 1.18 bits per heavy atom. The van der Waals surface area contributed by atoms with E-state index in [-0.39, 0.29) is 18.1 Å².